The van der Waals surface area contributed by atoms with Crippen LogP contribution in [-0.4, -0.2) is 54.4 Å². The molecule has 4 N–H and O–H groups in total. The molecule has 2 heterocycles. The number of nitrogens with zero attached hydrogens (tertiary/aromatic N) is 1. The zero-order valence-corrected chi connectivity index (χ0v) is 20.0. The van der Waals surface area contributed by atoms with Gasteiger partial charge in [0.15, 0.2) is 0 Å². The van der Waals surface area contributed by atoms with Crippen LogP contribution in [0.4, 0.5) is 5.69 Å². The van der Waals surface area contributed by atoms with Crippen LogP contribution in [0, 0.1) is 0 Å². The molecule has 9 heteroatoms. The molecule has 8 nitrogen and oxygen atoms in total. The molecule has 3 amide bonds. The van der Waals surface area contributed by atoms with Gasteiger partial charge in [-0.25, -0.2) is 0 Å². The number of aromatic nitrogens is 1. The summed E-state index contributed by atoms with van der Waals surface area (Å²) in [5.74, 6) is -0.335. The van der Waals surface area contributed by atoms with E-state index in [0.29, 0.717) is 29.2 Å². The molecule has 1 saturated carbocycles. The zero-order chi connectivity index (χ0) is 24.4. The summed E-state index contributed by atoms with van der Waals surface area (Å²) >= 11 is 6.14. The number of amides is 3. The first-order chi connectivity index (χ1) is 17.0. The zero-order valence-electron chi connectivity index (χ0n) is 19.3. The molecule has 2 aliphatic rings. The number of hydrogen-bond donors (Lipinski definition) is 4. The van der Waals surface area contributed by atoms with Crippen molar-refractivity contribution >= 4 is 45.9 Å². The van der Waals surface area contributed by atoms with E-state index in [9.17, 15) is 14.4 Å². The first kappa shape index (κ1) is 23.4. The molecule has 1 aliphatic carbocycles. The second-order valence-electron chi connectivity index (χ2n) is 9.11. The minimum absolute atomic E-state index is 0.0211. The average Bonchev–Trinajstić information content (AvgIpc) is 3.25. The van der Waals surface area contributed by atoms with Crippen LogP contribution in [-0.2, 0) is 4.79 Å². The summed E-state index contributed by atoms with van der Waals surface area (Å²) in [7, 11) is 0. The van der Waals surface area contributed by atoms with E-state index < -0.39 is 0 Å². The molecule has 2 aromatic carbocycles. The molecule has 1 aromatic heterocycles. The average molecular weight is 494 g/mol. The van der Waals surface area contributed by atoms with E-state index in [0.717, 1.165) is 48.8 Å². The fourth-order valence-corrected chi connectivity index (χ4v) is 5.10. The van der Waals surface area contributed by atoms with Gasteiger partial charge in [0.05, 0.1) is 11.6 Å². The third-order valence-electron chi connectivity index (χ3n) is 6.82. The summed E-state index contributed by atoms with van der Waals surface area (Å²) < 4.78 is 0. The van der Waals surface area contributed by atoms with Crippen LogP contribution in [0.5, 0.6) is 0 Å². The molecule has 0 radical (unpaired) electrons. The molecular weight excluding hydrogens is 466 g/mol. The van der Waals surface area contributed by atoms with Gasteiger partial charge in [-0.15, -0.1) is 0 Å². The maximum atomic E-state index is 13.0. The Balaban J connectivity index is 1.24. The van der Waals surface area contributed by atoms with Crippen LogP contribution in [0.2, 0.25) is 5.02 Å². The molecule has 0 bridgehead atoms. The van der Waals surface area contributed by atoms with Crippen molar-refractivity contribution in [3.8, 4) is 0 Å². The maximum absolute atomic E-state index is 13.0. The van der Waals surface area contributed by atoms with Crippen molar-refractivity contribution in [2.24, 2.45) is 0 Å². The van der Waals surface area contributed by atoms with Gasteiger partial charge in [0.2, 0.25) is 5.91 Å². The Hall–Kier alpha value is -3.36. The normalized spacial score (nSPS) is 20.6. The summed E-state index contributed by atoms with van der Waals surface area (Å²) in [6.45, 7) is 1.68. The largest absolute Gasteiger partial charge is 0.360 e. The number of aromatic amines is 1. The number of H-pyrrole nitrogens is 1. The second-order valence-corrected chi connectivity index (χ2v) is 9.52. The highest BCUT2D eigenvalue weighted by atomic mass is 35.5. The van der Waals surface area contributed by atoms with Crippen molar-refractivity contribution in [2.45, 2.75) is 37.8 Å². The quantitative estimate of drug-likeness (QED) is 0.438. The lowest BCUT2D eigenvalue weighted by atomic mass is 9.89. The van der Waals surface area contributed by atoms with E-state index in [1.165, 1.54) is 0 Å². The Morgan fingerprint density at radius 2 is 1.60 bits per heavy atom. The predicted molar refractivity (Wildman–Crippen MR) is 136 cm³/mol. The van der Waals surface area contributed by atoms with Crippen LogP contribution in [0.25, 0.3) is 10.9 Å². The predicted octanol–water partition coefficient (Wildman–Crippen LogP) is 3.23. The topological polar surface area (TPSA) is 106 Å². The Kier molecular flexibility index (Phi) is 6.74. The third kappa shape index (κ3) is 5.04. The van der Waals surface area contributed by atoms with E-state index in [-0.39, 0.29) is 29.8 Å². The molecule has 0 spiro atoms. The van der Waals surface area contributed by atoms with E-state index in [1.807, 2.05) is 6.07 Å². The van der Waals surface area contributed by atoms with Gasteiger partial charge in [-0.1, -0.05) is 30.5 Å². The molecule has 1 aliphatic heterocycles. The Morgan fingerprint density at radius 3 is 2.29 bits per heavy atom. The van der Waals surface area contributed by atoms with Gasteiger partial charge < -0.3 is 25.8 Å². The van der Waals surface area contributed by atoms with Crippen molar-refractivity contribution in [3.05, 3.63) is 64.8 Å². The lowest BCUT2D eigenvalue weighted by molar-refractivity contribution is -0.118. The number of nitrogens with one attached hydrogen (secondary N) is 4. The first-order valence-corrected chi connectivity index (χ1v) is 12.4. The summed E-state index contributed by atoms with van der Waals surface area (Å²) in [6, 6.07) is 12.2. The second kappa shape index (κ2) is 10.1. The number of halogens is 1. The van der Waals surface area contributed by atoms with Gasteiger partial charge in [-0.3, -0.25) is 14.4 Å². The molecule has 2 unspecified atom stereocenters. The maximum Gasteiger partial charge on any atom is 0.251 e. The fraction of sp³-hybridized carbons (Fsp3) is 0.346. The van der Waals surface area contributed by atoms with Gasteiger partial charge in [-0.05, 0) is 49.2 Å². The van der Waals surface area contributed by atoms with Crippen molar-refractivity contribution in [1.82, 2.24) is 20.9 Å². The van der Waals surface area contributed by atoms with Crippen molar-refractivity contribution in [2.75, 3.05) is 24.5 Å². The molecule has 2 atom stereocenters. The summed E-state index contributed by atoms with van der Waals surface area (Å²) in [4.78, 5) is 42.9. The van der Waals surface area contributed by atoms with Gasteiger partial charge in [0.25, 0.3) is 11.8 Å². The number of fused-ring (bicyclic) bond motifs is 1. The summed E-state index contributed by atoms with van der Waals surface area (Å²) in [6.07, 6.45) is 5.30. The van der Waals surface area contributed by atoms with Gasteiger partial charge in [0.1, 0.15) is 0 Å². The van der Waals surface area contributed by atoms with Crippen molar-refractivity contribution < 1.29 is 14.4 Å². The highest BCUT2D eigenvalue weighted by molar-refractivity contribution is 6.35. The van der Waals surface area contributed by atoms with E-state index in [1.54, 1.807) is 47.5 Å². The first-order valence-electron chi connectivity index (χ1n) is 12.0. The SMILES string of the molecule is O=C(NC1CCCCC1NC(=O)c1ccc2c(Cl)c[nH]c2c1)c1ccc(N2CCNCC2=O)cc1. The lowest BCUT2D eigenvalue weighted by Gasteiger charge is -2.33. The number of benzene rings is 2. The minimum Gasteiger partial charge on any atom is -0.360 e. The fourth-order valence-electron chi connectivity index (χ4n) is 4.88. The molecule has 182 valence electrons. The molecule has 1 saturated heterocycles. The number of carbonyl (C=O) groups is 3. The van der Waals surface area contributed by atoms with Crippen LogP contribution in [0.15, 0.2) is 48.7 Å². The highest BCUT2D eigenvalue weighted by Crippen LogP contribution is 2.25. The minimum atomic E-state index is -0.184. The Labute approximate surface area is 208 Å². The van der Waals surface area contributed by atoms with Crippen LogP contribution < -0.4 is 20.9 Å². The molecule has 2 fully saturated rings. The van der Waals surface area contributed by atoms with Gasteiger partial charge >= 0.3 is 0 Å². The van der Waals surface area contributed by atoms with E-state index in [4.69, 9.17) is 11.6 Å². The monoisotopic (exact) mass is 493 g/mol. The van der Waals surface area contributed by atoms with Crippen LogP contribution >= 0.6 is 11.6 Å². The number of anilines is 1. The standard InChI is InChI=1S/C26H28ClN5O3/c27-20-14-29-23-13-17(7-10-19(20)23)26(35)31-22-4-2-1-3-21(22)30-25(34)16-5-8-18(9-6-16)32-12-11-28-15-24(32)33/h5-10,13-14,21-22,28-29H,1-4,11-12,15H2,(H,30,34)(H,31,35). The Bertz CT molecular complexity index is 1260. The smallest absolute Gasteiger partial charge is 0.251 e. The highest BCUT2D eigenvalue weighted by Gasteiger charge is 2.29. The lowest BCUT2D eigenvalue weighted by Crippen LogP contribution is -2.53. The van der Waals surface area contributed by atoms with E-state index in [2.05, 4.69) is 20.9 Å². The number of piperazine rings is 1. The van der Waals surface area contributed by atoms with Gasteiger partial charge in [0, 0.05) is 59.1 Å². The Morgan fingerprint density at radius 1 is 0.943 bits per heavy atom. The number of rotatable bonds is 5. The number of hydrogen-bond acceptors (Lipinski definition) is 4. The van der Waals surface area contributed by atoms with Crippen LogP contribution in [0.1, 0.15) is 46.4 Å². The van der Waals surface area contributed by atoms with Crippen LogP contribution in [0.3, 0.4) is 0 Å². The number of carbonyl (C=O) groups excluding carboxylic acids is 3. The van der Waals surface area contributed by atoms with Crippen molar-refractivity contribution in [3.63, 3.8) is 0 Å². The molecule has 35 heavy (non-hydrogen) atoms. The summed E-state index contributed by atoms with van der Waals surface area (Å²) in [5.41, 5.74) is 2.67. The molecule has 3 aromatic rings. The molecule has 5 rings (SSSR count). The van der Waals surface area contributed by atoms with Gasteiger partial charge in [-0.2, -0.15) is 0 Å². The van der Waals surface area contributed by atoms with Crippen molar-refractivity contribution in [1.29, 1.82) is 0 Å². The third-order valence-corrected chi connectivity index (χ3v) is 7.14. The summed E-state index contributed by atoms with van der Waals surface area (Å²) in [5, 5.41) is 10.8. The molecular formula is C26H28ClN5O3. The van der Waals surface area contributed by atoms with E-state index >= 15 is 0 Å².